The second kappa shape index (κ2) is 7.21. The Morgan fingerprint density at radius 3 is 2.44 bits per heavy atom. The molecule has 0 radical (unpaired) electrons. The number of aryl methyl sites for hydroxylation is 2. The Morgan fingerprint density at radius 1 is 0.960 bits per heavy atom. The SMILES string of the molecule is Cc1cccc(-c2nnc(C(=O)OCc3ccccc3)nc2C)c1C. The number of benzene rings is 2. The number of ether oxygens (including phenoxy) is 1. The van der Waals surface area contributed by atoms with Crippen molar-refractivity contribution in [3.05, 3.63) is 76.7 Å². The third-order valence-corrected chi connectivity index (χ3v) is 4.12. The molecule has 0 bridgehead atoms. The van der Waals surface area contributed by atoms with E-state index in [0.29, 0.717) is 11.4 Å². The highest BCUT2D eigenvalue weighted by Crippen LogP contribution is 2.25. The van der Waals surface area contributed by atoms with Crippen LogP contribution in [0.5, 0.6) is 0 Å². The molecule has 126 valence electrons. The molecule has 0 unspecified atom stereocenters. The molecule has 1 aromatic heterocycles. The van der Waals surface area contributed by atoms with E-state index in [-0.39, 0.29) is 12.4 Å². The van der Waals surface area contributed by atoms with Gasteiger partial charge < -0.3 is 4.74 Å². The predicted octanol–water partition coefficient (Wildman–Crippen LogP) is 3.82. The molecular weight excluding hydrogens is 314 g/mol. The fourth-order valence-corrected chi connectivity index (χ4v) is 2.53. The molecule has 2 aromatic carbocycles. The summed E-state index contributed by atoms with van der Waals surface area (Å²) < 4.78 is 5.25. The lowest BCUT2D eigenvalue weighted by Gasteiger charge is -2.10. The average Bonchev–Trinajstić information content (AvgIpc) is 2.63. The lowest BCUT2D eigenvalue weighted by atomic mass is 10.00. The maximum absolute atomic E-state index is 12.2. The third kappa shape index (κ3) is 3.71. The van der Waals surface area contributed by atoms with E-state index in [4.69, 9.17) is 4.74 Å². The molecule has 0 amide bonds. The van der Waals surface area contributed by atoms with Gasteiger partial charge in [-0.2, -0.15) is 0 Å². The van der Waals surface area contributed by atoms with E-state index in [1.54, 1.807) is 0 Å². The highest BCUT2D eigenvalue weighted by atomic mass is 16.5. The Kier molecular flexibility index (Phi) is 4.84. The number of carbonyl (C=O) groups is 1. The van der Waals surface area contributed by atoms with Crippen molar-refractivity contribution in [2.75, 3.05) is 0 Å². The minimum absolute atomic E-state index is 0.0255. The van der Waals surface area contributed by atoms with Crippen molar-refractivity contribution in [3.8, 4) is 11.3 Å². The fraction of sp³-hybridized carbons (Fsp3) is 0.200. The Bertz CT molecular complexity index is 908. The first kappa shape index (κ1) is 16.8. The first-order valence-corrected chi connectivity index (χ1v) is 8.05. The van der Waals surface area contributed by atoms with Crippen LogP contribution in [0.25, 0.3) is 11.3 Å². The van der Waals surface area contributed by atoms with Crippen molar-refractivity contribution in [3.63, 3.8) is 0 Å². The first-order valence-electron chi connectivity index (χ1n) is 8.05. The van der Waals surface area contributed by atoms with Crippen molar-refractivity contribution >= 4 is 5.97 Å². The molecule has 0 aliphatic heterocycles. The molecule has 5 nitrogen and oxygen atoms in total. The maximum atomic E-state index is 12.2. The number of hydrogen-bond acceptors (Lipinski definition) is 5. The van der Waals surface area contributed by atoms with Gasteiger partial charge in [0.2, 0.25) is 0 Å². The van der Waals surface area contributed by atoms with Gasteiger partial charge in [0.15, 0.2) is 0 Å². The van der Waals surface area contributed by atoms with Crippen LogP contribution >= 0.6 is 0 Å². The van der Waals surface area contributed by atoms with Gasteiger partial charge in [0, 0.05) is 5.56 Å². The van der Waals surface area contributed by atoms with Gasteiger partial charge in [0.1, 0.15) is 12.3 Å². The fourth-order valence-electron chi connectivity index (χ4n) is 2.53. The monoisotopic (exact) mass is 333 g/mol. The van der Waals surface area contributed by atoms with Crippen molar-refractivity contribution in [1.82, 2.24) is 15.2 Å². The van der Waals surface area contributed by atoms with E-state index >= 15 is 0 Å². The van der Waals surface area contributed by atoms with Crippen LogP contribution in [-0.4, -0.2) is 21.2 Å². The molecule has 0 spiro atoms. The van der Waals surface area contributed by atoms with E-state index in [9.17, 15) is 4.79 Å². The van der Waals surface area contributed by atoms with Crippen LogP contribution in [0.4, 0.5) is 0 Å². The standard InChI is InChI=1S/C20H19N3O2/c1-13-8-7-11-17(14(13)2)18-15(3)21-19(23-22-18)20(24)25-12-16-9-5-4-6-10-16/h4-11H,12H2,1-3H3. The number of hydrogen-bond donors (Lipinski definition) is 0. The molecule has 0 N–H and O–H groups in total. The summed E-state index contributed by atoms with van der Waals surface area (Å²) in [6.07, 6.45) is 0. The normalized spacial score (nSPS) is 10.5. The summed E-state index contributed by atoms with van der Waals surface area (Å²) in [6, 6.07) is 15.5. The molecule has 0 saturated heterocycles. The molecule has 5 heteroatoms. The van der Waals surface area contributed by atoms with Crippen LogP contribution in [0.15, 0.2) is 48.5 Å². The van der Waals surface area contributed by atoms with Crippen LogP contribution in [0.1, 0.15) is 33.0 Å². The summed E-state index contributed by atoms with van der Waals surface area (Å²) in [6.45, 7) is 6.08. The predicted molar refractivity (Wildman–Crippen MR) is 95.0 cm³/mol. The molecular formula is C20H19N3O2. The summed E-state index contributed by atoms with van der Waals surface area (Å²) in [5.41, 5.74) is 5.51. The Labute approximate surface area is 146 Å². The molecule has 3 aromatic rings. The molecule has 0 fully saturated rings. The number of nitrogens with zero attached hydrogens (tertiary/aromatic N) is 3. The van der Waals surface area contributed by atoms with E-state index in [1.165, 1.54) is 5.56 Å². The van der Waals surface area contributed by atoms with Gasteiger partial charge in [-0.05, 0) is 37.5 Å². The van der Waals surface area contributed by atoms with Crippen molar-refractivity contribution in [2.45, 2.75) is 27.4 Å². The second-order valence-electron chi connectivity index (χ2n) is 5.88. The Hall–Kier alpha value is -3.08. The van der Waals surface area contributed by atoms with Gasteiger partial charge in [0.25, 0.3) is 5.82 Å². The first-order chi connectivity index (χ1) is 12.1. The lowest BCUT2D eigenvalue weighted by molar-refractivity contribution is 0.0456. The number of aromatic nitrogens is 3. The zero-order chi connectivity index (χ0) is 17.8. The van der Waals surface area contributed by atoms with E-state index in [2.05, 4.69) is 15.2 Å². The third-order valence-electron chi connectivity index (χ3n) is 4.12. The number of rotatable bonds is 4. The summed E-state index contributed by atoms with van der Waals surface area (Å²) in [7, 11) is 0. The molecule has 25 heavy (non-hydrogen) atoms. The van der Waals surface area contributed by atoms with Crippen LogP contribution in [0.3, 0.4) is 0 Å². The average molecular weight is 333 g/mol. The minimum atomic E-state index is -0.577. The van der Waals surface area contributed by atoms with Crippen LogP contribution in [0, 0.1) is 20.8 Å². The van der Waals surface area contributed by atoms with Gasteiger partial charge in [-0.1, -0.05) is 48.5 Å². The zero-order valence-electron chi connectivity index (χ0n) is 14.5. The van der Waals surface area contributed by atoms with Gasteiger partial charge in [0.05, 0.1) is 5.69 Å². The summed E-state index contributed by atoms with van der Waals surface area (Å²) >= 11 is 0. The van der Waals surface area contributed by atoms with Crippen LogP contribution < -0.4 is 0 Å². The van der Waals surface area contributed by atoms with E-state index in [1.807, 2.05) is 69.3 Å². The van der Waals surface area contributed by atoms with E-state index < -0.39 is 5.97 Å². The zero-order valence-corrected chi connectivity index (χ0v) is 14.5. The minimum Gasteiger partial charge on any atom is -0.455 e. The quantitative estimate of drug-likeness (QED) is 0.679. The molecule has 0 aliphatic carbocycles. The summed E-state index contributed by atoms with van der Waals surface area (Å²) in [5, 5.41) is 8.18. The highest BCUT2D eigenvalue weighted by Gasteiger charge is 2.16. The summed E-state index contributed by atoms with van der Waals surface area (Å²) in [5.74, 6) is -0.602. The number of esters is 1. The molecule has 0 aliphatic rings. The van der Waals surface area contributed by atoms with Gasteiger partial charge in [-0.3, -0.25) is 0 Å². The lowest BCUT2D eigenvalue weighted by Crippen LogP contribution is -2.13. The van der Waals surface area contributed by atoms with E-state index in [0.717, 1.165) is 16.7 Å². The largest absolute Gasteiger partial charge is 0.455 e. The Morgan fingerprint density at radius 2 is 1.72 bits per heavy atom. The Balaban J connectivity index is 1.79. The molecule has 0 saturated carbocycles. The van der Waals surface area contributed by atoms with Crippen molar-refractivity contribution in [1.29, 1.82) is 0 Å². The maximum Gasteiger partial charge on any atom is 0.378 e. The van der Waals surface area contributed by atoms with Crippen molar-refractivity contribution in [2.24, 2.45) is 0 Å². The number of carbonyl (C=O) groups excluding carboxylic acids is 1. The van der Waals surface area contributed by atoms with Crippen LogP contribution in [-0.2, 0) is 11.3 Å². The second-order valence-corrected chi connectivity index (χ2v) is 5.88. The van der Waals surface area contributed by atoms with Crippen LogP contribution in [0.2, 0.25) is 0 Å². The van der Waals surface area contributed by atoms with Gasteiger partial charge in [-0.15, -0.1) is 10.2 Å². The highest BCUT2D eigenvalue weighted by molar-refractivity contribution is 5.85. The summed E-state index contributed by atoms with van der Waals surface area (Å²) in [4.78, 5) is 16.4. The van der Waals surface area contributed by atoms with Crippen molar-refractivity contribution < 1.29 is 9.53 Å². The van der Waals surface area contributed by atoms with Gasteiger partial charge in [-0.25, -0.2) is 9.78 Å². The van der Waals surface area contributed by atoms with Gasteiger partial charge >= 0.3 is 5.97 Å². The molecule has 3 rings (SSSR count). The molecule has 0 atom stereocenters. The topological polar surface area (TPSA) is 65.0 Å². The molecule has 1 heterocycles. The smallest absolute Gasteiger partial charge is 0.378 e.